The summed E-state index contributed by atoms with van der Waals surface area (Å²) in [5.74, 6) is -0.632. The van der Waals surface area contributed by atoms with Gasteiger partial charge in [-0.2, -0.15) is 0 Å². The Kier molecular flexibility index (Phi) is 5.65. The Morgan fingerprint density at radius 3 is 2.26 bits per heavy atom. The third kappa shape index (κ3) is 4.49. The van der Waals surface area contributed by atoms with Crippen LogP contribution in [0.25, 0.3) is 0 Å². The second-order valence-corrected chi connectivity index (χ2v) is 3.96. The van der Waals surface area contributed by atoms with Gasteiger partial charge < -0.3 is 10.6 Å². The van der Waals surface area contributed by atoms with Crippen LogP contribution in [0.15, 0.2) is 4.79 Å². The molecular weight excluding hydrogens is 250 g/mol. The second-order valence-electron chi connectivity index (χ2n) is 3.96. The maximum absolute atomic E-state index is 11.6. The van der Waals surface area contributed by atoms with E-state index < -0.39 is 5.56 Å². The molecule has 104 valence electrons. The molecule has 0 radical (unpaired) electrons. The molecule has 0 unspecified atom stereocenters. The predicted octanol–water partition coefficient (Wildman–Crippen LogP) is 0.642. The van der Waals surface area contributed by atoms with Crippen molar-refractivity contribution in [1.29, 1.82) is 0 Å². The van der Waals surface area contributed by atoms with Gasteiger partial charge in [0.1, 0.15) is 0 Å². The van der Waals surface area contributed by atoms with Gasteiger partial charge in [0.05, 0.1) is 0 Å². The van der Waals surface area contributed by atoms with Crippen LogP contribution in [-0.4, -0.2) is 27.2 Å². The van der Waals surface area contributed by atoms with Crippen molar-refractivity contribution in [3.05, 3.63) is 10.4 Å². The summed E-state index contributed by atoms with van der Waals surface area (Å²) in [5, 5.41) is 14.0. The number of rotatable bonds is 6. The van der Waals surface area contributed by atoms with Gasteiger partial charge >= 0.3 is 0 Å². The number of aromatic nitrogens is 3. The monoisotopic (exact) mass is 267 g/mol. The first kappa shape index (κ1) is 14.8. The molecule has 0 saturated carbocycles. The molecule has 0 fully saturated rings. The van der Waals surface area contributed by atoms with Crippen molar-refractivity contribution in [2.45, 2.75) is 39.5 Å². The van der Waals surface area contributed by atoms with Crippen LogP contribution in [0.4, 0.5) is 11.5 Å². The van der Waals surface area contributed by atoms with E-state index in [4.69, 9.17) is 0 Å². The average molecular weight is 267 g/mol. The van der Waals surface area contributed by atoms with E-state index in [1.165, 1.54) is 0 Å². The molecule has 3 N–H and O–H groups in total. The lowest BCUT2D eigenvalue weighted by Crippen LogP contribution is -2.25. The first-order valence-electron chi connectivity index (χ1n) is 6.13. The lowest BCUT2D eigenvalue weighted by atomic mass is 10.3. The predicted molar refractivity (Wildman–Crippen MR) is 69.7 cm³/mol. The highest BCUT2D eigenvalue weighted by molar-refractivity contribution is 5.97. The second kappa shape index (κ2) is 7.24. The summed E-state index contributed by atoms with van der Waals surface area (Å²) in [6, 6.07) is 0. The Hall–Kier alpha value is -2.25. The van der Waals surface area contributed by atoms with E-state index in [9.17, 15) is 14.4 Å². The highest BCUT2D eigenvalue weighted by atomic mass is 16.2. The minimum absolute atomic E-state index is 0.0355. The van der Waals surface area contributed by atoms with Gasteiger partial charge in [0.15, 0.2) is 11.5 Å². The quantitative estimate of drug-likeness (QED) is 0.699. The van der Waals surface area contributed by atoms with Crippen molar-refractivity contribution >= 4 is 23.3 Å². The maximum atomic E-state index is 11.6. The first-order chi connectivity index (χ1) is 9.08. The number of amides is 2. The number of carbonyl (C=O) groups excluding carboxylic acids is 2. The summed E-state index contributed by atoms with van der Waals surface area (Å²) in [6.45, 7) is 3.70. The molecule has 2 amide bonds. The molecule has 19 heavy (non-hydrogen) atoms. The molecule has 1 aromatic rings. The van der Waals surface area contributed by atoms with Crippen LogP contribution in [0.3, 0.4) is 0 Å². The molecule has 0 saturated heterocycles. The van der Waals surface area contributed by atoms with E-state index in [0.717, 1.165) is 0 Å². The molecule has 0 aliphatic carbocycles. The summed E-state index contributed by atoms with van der Waals surface area (Å²) in [4.78, 5) is 34.6. The standard InChI is InChI=1S/C11H17N5O3/c1-3-5-7(17)12-9-10(13-8(18)6-4-2)14-16-15-11(9)19/h3-6H2,1-2H3,(H,12,16,17)(H2,13,14,15,18,19). The van der Waals surface area contributed by atoms with Gasteiger partial charge in [-0.25, -0.2) is 5.10 Å². The van der Waals surface area contributed by atoms with Crippen LogP contribution in [0.1, 0.15) is 39.5 Å². The molecule has 8 heteroatoms. The van der Waals surface area contributed by atoms with Crippen molar-refractivity contribution < 1.29 is 9.59 Å². The van der Waals surface area contributed by atoms with Crippen LogP contribution < -0.4 is 16.2 Å². The van der Waals surface area contributed by atoms with Gasteiger partial charge in [-0.1, -0.05) is 19.1 Å². The molecule has 1 aromatic heterocycles. The Balaban J connectivity index is 2.92. The van der Waals surface area contributed by atoms with E-state index in [1.807, 2.05) is 13.8 Å². The van der Waals surface area contributed by atoms with Crippen molar-refractivity contribution in [1.82, 2.24) is 15.4 Å². The smallest absolute Gasteiger partial charge is 0.293 e. The Morgan fingerprint density at radius 2 is 1.68 bits per heavy atom. The van der Waals surface area contributed by atoms with Gasteiger partial charge in [-0.15, -0.1) is 5.10 Å². The van der Waals surface area contributed by atoms with E-state index in [0.29, 0.717) is 19.3 Å². The minimum atomic E-state index is -0.605. The summed E-state index contributed by atoms with van der Waals surface area (Å²) in [6.07, 6.45) is 1.90. The highest BCUT2D eigenvalue weighted by Gasteiger charge is 2.14. The number of anilines is 2. The fraction of sp³-hybridized carbons (Fsp3) is 0.545. The fourth-order valence-electron chi connectivity index (χ4n) is 1.39. The van der Waals surface area contributed by atoms with Crippen LogP contribution in [0.5, 0.6) is 0 Å². The van der Waals surface area contributed by atoms with E-state index >= 15 is 0 Å². The zero-order valence-electron chi connectivity index (χ0n) is 10.9. The number of nitrogens with one attached hydrogen (secondary N) is 3. The van der Waals surface area contributed by atoms with Crippen LogP contribution in [0.2, 0.25) is 0 Å². The summed E-state index contributed by atoms with van der Waals surface area (Å²) in [7, 11) is 0. The maximum Gasteiger partial charge on any atom is 0.293 e. The molecule has 0 atom stereocenters. The van der Waals surface area contributed by atoms with Gasteiger partial charge in [0.25, 0.3) is 5.56 Å². The average Bonchev–Trinajstić information content (AvgIpc) is 2.34. The molecule has 0 aliphatic heterocycles. The summed E-state index contributed by atoms with van der Waals surface area (Å²) < 4.78 is 0. The molecule has 0 aromatic carbocycles. The number of hydrogen-bond donors (Lipinski definition) is 3. The molecular formula is C11H17N5O3. The third-order valence-corrected chi connectivity index (χ3v) is 2.24. The van der Waals surface area contributed by atoms with E-state index in [1.54, 1.807) is 0 Å². The highest BCUT2D eigenvalue weighted by Crippen LogP contribution is 2.12. The lowest BCUT2D eigenvalue weighted by molar-refractivity contribution is -0.117. The number of aromatic amines is 1. The number of hydrogen-bond acceptors (Lipinski definition) is 5. The number of nitrogens with zero attached hydrogens (tertiary/aromatic N) is 2. The zero-order valence-corrected chi connectivity index (χ0v) is 10.9. The van der Waals surface area contributed by atoms with Crippen LogP contribution in [-0.2, 0) is 9.59 Å². The summed E-state index contributed by atoms with van der Waals surface area (Å²) in [5.41, 5.74) is -0.691. The van der Waals surface area contributed by atoms with E-state index in [-0.39, 0.29) is 29.7 Å². The van der Waals surface area contributed by atoms with Crippen molar-refractivity contribution in [3.63, 3.8) is 0 Å². The first-order valence-corrected chi connectivity index (χ1v) is 6.13. The Morgan fingerprint density at radius 1 is 1.11 bits per heavy atom. The molecule has 0 aliphatic rings. The molecule has 0 bridgehead atoms. The van der Waals surface area contributed by atoms with Gasteiger partial charge in [0, 0.05) is 12.8 Å². The molecule has 8 nitrogen and oxygen atoms in total. The minimum Gasteiger partial charge on any atom is -0.318 e. The third-order valence-electron chi connectivity index (χ3n) is 2.24. The summed E-state index contributed by atoms with van der Waals surface area (Å²) >= 11 is 0. The zero-order chi connectivity index (χ0) is 14.3. The fourth-order valence-corrected chi connectivity index (χ4v) is 1.39. The SMILES string of the molecule is CCCC(=O)Nc1nn[nH]c(=O)c1NC(=O)CCC. The Bertz CT molecular complexity index is 511. The van der Waals surface area contributed by atoms with Gasteiger partial charge in [-0.05, 0) is 12.8 Å². The van der Waals surface area contributed by atoms with Crippen molar-refractivity contribution in [3.8, 4) is 0 Å². The number of carbonyl (C=O) groups is 2. The normalized spacial score (nSPS) is 10.0. The van der Waals surface area contributed by atoms with Gasteiger partial charge in [-0.3, -0.25) is 14.4 Å². The lowest BCUT2D eigenvalue weighted by Gasteiger charge is -2.08. The molecule has 1 heterocycles. The van der Waals surface area contributed by atoms with Crippen LogP contribution in [0, 0.1) is 0 Å². The van der Waals surface area contributed by atoms with Gasteiger partial charge in [0.2, 0.25) is 11.8 Å². The van der Waals surface area contributed by atoms with Crippen LogP contribution >= 0.6 is 0 Å². The number of H-pyrrole nitrogens is 1. The topological polar surface area (TPSA) is 117 Å². The molecule has 0 spiro atoms. The van der Waals surface area contributed by atoms with E-state index in [2.05, 4.69) is 26.0 Å². The Labute approximate surface area is 110 Å². The molecule has 1 rings (SSSR count). The van der Waals surface area contributed by atoms with Crippen molar-refractivity contribution in [2.75, 3.05) is 10.6 Å². The van der Waals surface area contributed by atoms with Crippen molar-refractivity contribution in [2.24, 2.45) is 0 Å². The largest absolute Gasteiger partial charge is 0.318 e.